The number of hydrogen-bond donors (Lipinski definition) is 3. The average molecular weight is 353 g/mol. The van der Waals surface area contributed by atoms with Crippen molar-refractivity contribution in [1.82, 2.24) is 25.1 Å². The van der Waals surface area contributed by atoms with Crippen LogP contribution in [0, 0.1) is 5.41 Å². The number of anilines is 3. The lowest BCUT2D eigenvalue weighted by Crippen LogP contribution is -2.39. The van der Waals surface area contributed by atoms with Crippen LogP contribution in [0.25, 0.3) is 0 Å². The second-order valence-corrected chi connectivity index (χ2v) is 8.41. The van der Waals surface area contributed by atoms with Crippen molar-refractivity contribution in [2.24, 2.45) is 5.41 Å². The summed E-state index contributed by atoms with van der Waals surface area (Å²) in [7, 11) is 2.23. The molecule has 4 fully saturated rings. The zero-order valence-electron chi connectivity index (χ0n) is 15.3. The normalized spacial score (nSPS) is 28.3. The van der Waals surface area contributed by atoms with Gasteiger partial charge in [-0.1, -0.05) is 12.8 Å². The Bertz CT molecular complexity index is 774. The van der Waals surface area contributed by atoms with Crippen LogP contribution < -0.4 is 10.6 Å². The summed E-state index contributed by atoms with van der Waals surface area (Å²) >= 11 is 0. The van der Waals surface area contributed by atoms with Gasteiger partial charge in [0.15, 0.2) is 5.82 Å². The van der Waals surface area contributed by atoms with Crippen LogP contribution in [0.1, 0.15) is 50.1 Å². The highest BCUT2D eigenvalue weighted by atomic mass is 15.2. The predicted octanol–water partition coefficient (Wildman–Crippen LogP) is 3.11. The van der Waals surface area contributed by atoms with Crippen molar-refractivity contribution in [1.29, 1.82) is 0 Å². The molecule has 0 radical (unpaired) electrons. The summed E-state index contributed by atoms with van der Waals surface area (Å²) in [5.74, 6) is 2.93. The molecule has 2 aliphatic carbocycles. The number of fused-ring (bicyclic) bond motifs is 1. The molecule has 26 heavy (non-hydrogen) atoms. The molecule has 0 spiro atoms. The first-order valence-electron chi connectivity index (χ1n) is 9.79. The molecule has 0 amide bonds. The topological polar surface area (TPSA) is 81.8 Å². The second kappa shape index (κ2) is 6.23. The predicted molar refractivity (Wildman–Crippen MR) is 102 cm³/mol. The molecule has 2 aromatic heterocycles. The molecule has 0 unspecified atom stereocenters. The molecule has 4 aliphatic rings. The minimum Gasteiger partial charge on any atom is -0.354 e. The standard InChI is InChI=1S/C19H27N7/c1-26-12-19(9-14(26)10-19)11-21-18-20-7-6-16(23-18)22-17-8-15(24-25-17)13-4-2-3-5-13/h6-8,13-14H,2-5,9-12H2,1H3,(H3,20,21,22,23,24,25). The van der Waals surface area contributed by atoms with E-state index < -0.39 is 0 Å². The van der Waals surface area contributed by atoms with Crippen molar-refractivity contribution in [2.45, 2.75) is 50.5 Å². The highest BCUT2D eigenvalue weighted by molar-refractivity contribution is 5.53. The molecule has 3 N–H and O–H groups in total. The molecule has 4 heterocycles. The van der Waals surface area contributed by atoms with Gasteiger partial charge in [-0.15, -0.1) is 0 Å². The van der Waals surface area contributed by atoms with Gasteiger partial charge in [0.05, 0.1) is 0 Å². The Morgan fingerprint density at radius 2 is 2.12 bits per heavy atom. The van der Waals surface area contributed by atoms with Gasteiger partial charge in [0, 0.05) is 48.4 Å². The maximum absolute atomic E-state index is 4.60. The van der Waals surface area contributed by atoms with E-state index in [0.717, 1.165) is 24.2 Å². The third kappa shape index (κ3) is 2.94. The number of nitrogens with one attached hydrogen (secondary N) is 3. The Kier molecular flexibility index (Phi) is 3.85. The van der Waals surface area contributed by atoms with Crippen molar-refractivity contribution in [2.75, 3.05) is 30.8 Å². The molecular weight excluding hydrogens is 326 g/mol. The van der Waals surface area contributed by atoms with E-state index in [1.165, 1.54) is 50.8 Å². The van der Waals surface area contributed by atoms with Gasteiger partial charge in [0.25, 0.3) is 0 Å². The van der Waals surface area contributed by atoms with Crippen LogP contribution in [0.5, 0.6) is 0 Å². The van der Waals surface area contributed by atoms with Crippen molar-refractivity contribution in [3.63, 3.8) is 0 Å². The summed E-state index contributed by atoms with van der Waals surface area (Å²) in [4.78, 5) is 11.4. The van der Waals surface area contributed by atoms with Gasteiger partial charge in [-0.25, -0.2) is 4.98 Å². The van der Waals surface area contributed by atoms with E-state index in [-0.39, 0.29) is 0 Å². The second-order valence-electron chi connectivity index (χ2n) is 8.41. The quantitative estimate of drug-likeness (QED) is 0.740. The summed E-state index contributed by atoms with van der Waals surface area (Å²) in [6, 6.07) is 4.79. The number of aromatic nitrogens is 4. The van der Waals surface area contributed by atoms with Crippen molar-refractivity contribution in [3.8, 4) is 0 Å². The monoisotopic (exact) mass is 353 g/mol. The van der Waals surface area contributed by atoms with E-state index in [4.69, 9.17) is 0 Å². The molecule has 0 atom stereocenters. The number of aromatic amines is 1. The molecule has 2 bridgehead atoms. The Morgan fingerprint density at radius 1 is 1.27 bits per heavy atom. The Labute approximate surface area is 154 Å². The summed E-state index contributed by atoms with van der Waals surface area (Å²) in [6.45, 7) is 2.13. The van der Waals surface area contributed by atoms with E-state index in [1.54, 1.807) is 6.20 Å². The first-order valence-corrected chi connectivity index (χ1v) is 9.79. The van der Waals surface area contributed by atoms with Gasteiger partial charge in [-0.05, 0) is 38.8 Å². The first kappa shape index (κ1) is 16.1. The molecule has 7 nitrogen and oxygen atoms in total. The third-order valence-corrected chi connectivity index (χ3v) is 6.47. The Balaban J connectivity index is 1.21. The molecule has 7 heteroatoms. The largest absolute Gasteiger partial charge is 0.354 e. The zero-order valence-corrected chi connectivity index (χ0v) is 15.3. The lowest BCUT2D eigenvalue weighted by Gasteiger charge is -2.37. The highest BCUT2D eigenvalue weighted by Gasteiger charge is 2.53. The molecule has 6 rings (SSSR count). The molecule has 2 saturated heterocycles. The van der Waals surface area contributed by atoms with Gasteiger partial charge < -0.3 is 15.5 Å². The number of nitrogens with zero attached hydrogens (tertiary/aromatic N) is 4. The van der Waals surface area contributed by atoms with Crippen LogP contribution in [0.15, 0.2) is 18.3 Å². The van der Waals surface area contributed by atoms with Crippen LogP contribution >= 0.6 is 0 Å². The van der Waals surface area contributed by atoms with Crippen LogP contribution in [0.3, 0.4) is 0 Å². The highest BCUT2D eigenvalue weighted by Crippen LogP contribution is 2.50. The Hall–Kier alpha value is -2.15. The minimum absolute atomic E-state index is 0.421. The maximum atomic E-state index is 4.60. The smallest absolute Gasteiger partial charge is 0.224 e. The fourth-order valence-corrected chi connectivity index (χ4v) is 5.00. The molecule has 0 aromatic carbocycles. The fraction of sp³-hybridized carbons (Fsp3) is 0.632. The summed E-state index contributed by atoms with van der Waals surface area (Å²) in [5.41, 5.74) is 1.66. The van der Waals surface area contributed by atoms with Gasteiger partial charge >= 0.3 is 0 Å². The SMILES string of the molecule is CN1CC2(CNc3nccc(Nc4cc(C5CCCC5)[nH]n4)n3)CC1C2. The van der Waals surface area contributed by atoms with Crippen LogP contribution in [0.2, 0.25) is 0 Å². The number of H-pyrrole nitrogens is 1. The van der Waals surface area contributed by atoms with Gasteiger partial charge in [0.2, 0.25) is 5.95 Å². The van der Waals surface area contributed by atoms with E-state index in [9.17, 15) is 0 Å². The summed E-state index contributed by atoms with van der Waals surface area (Å²) in [6.07, 6.45) is 9.57. The molecule has 2 aromatic rings. The number of rotatable bonds is 6. The molecular formula is C19H27N7. The fourth-order valence-electron chi connectivity index (χ4n) is 5.00. The number of hydrogen-bond acceptors (Lipinski definition) is 6. The van der Waals surface area contributed by atoms with E-state index in [2.05, 4.69) is 48.8 Å². The zero-order chi connectivity index (χ0) is 17.6. The van der Waals surface area contributed by atoms with Crippen LogP contribution in [0.4, 0.5) is 17.6 Å². The van der Waals surface area contributed by atoms with Gasteiger partial charge in [-0.3, -0.25) is 5.10 Å². The Morgan fingerprint density at radius 3 is 2.88 bits per heavy atom. The van der Waals surface area contributed by atoms with Crippen molar-refractivity contribution in [3.05, 3.63) is 24.0 Å². The third-order valence-electron chi connectivity index (χ3n) is 6.47. The summed E-state index contributed by atoms with van der Waals surface area (Å²) < 4.78 is 0. The van der Waals surface area contributed by atoms with E-state index >= 15 is 0 Å². The minimum atomic E-state index is 0.421. The van der Waals surface area contributed by atoms with Gasteiger partial charge in [0.1, 0.15) is 5.82 Å². The van der Waals surface area contributed by atoms with Gasteiger partial charge in [-0.2, -0.15) is 10.1 Å². The van der Waals surface area contributed by atoms with E-state index in [1.807, 2.05) is 6.07 Å². The molecule has 2 aliphatic heterocycles. The maximum Gasteiger partial charge on any atom is 0.224 e. The summed E-state index contributed by atoms with van der Waals surface area (Å²) in [5, 5.41) is 14.3. The average Bonchev–Trinajstić information content (AvgIpc) is 3.36. The van der Waals surface area contributed by atoms with E-state index in [0.29, 0.717) is 17.3 Å². The first-order chi connectivity index (χ1) is 12.7. The lowest BCUT2D eigenvalue weighted by atomic mass is 9.70. The lowest BCUT2D eigenvalue weighted by molar-refractivity contribution is 0.198. The van der Waals surface area contributed by atoms with Crippen molar-refractivity contribution < 1.29 is 0 Å². The molecule has 138 valence electrons. The van der Waals surface area contributed by atoms with Crippen molar-refractivity contribution >= 4 is 17.6 Å². The van der Waals surface area contributed by atoms with Crippen LogP contribution in [-0.2, 0) is 0 Å². The van der Waals surface area contributed by atoms with Crippen LogP contribution in [-0.4, -0.2) is 51.2 Å². The molecule has 2 saturated carbocycles.